The van der Waals surface area contributed by atoms with Crippen molar-refractivity contribution in [2.24, 2.45) is 0 Å². The van der Waals surface area contributed by atoms with E-state index in [9.17, 15) is 9.59 Å². The lowest BCUT2D eigenvalue weighted by atomic mass is 10.0. The zero-order valence-electron chi connectivity index (χ0n) is 20.8. The van der Waals surface area contributed by atoms with Crippen molar-refractivity contribution in [3.8, 4) is 5.75 Å². The Hall–Kier alpha value is -2.73. The largest absolute Gasteiger partial charge is 0.494 e. The van der Waals surface area contributed by atoms with E-state index < -0.39 is 6.04 Å². The summed E-state index contributed by atoms with van der Waals surface area (Å²) >= 11 is 18.8. The van der Waals surface area contributed by atoms with Crippen LogP contribution in [-0.4, -0.2) is 35.9 Å². The second-order valence-electron chi connectivity index (χ2n) is 8.62. The van der Waals surface area contributed by atoms with Gasteiger partial charge in [-0.2, -0.15) is 0 Å². The molecule has 0 heterocycles. The maximum atomic E-state index is 13.6. The van der Waals surface area contributed by atoms with Crippen LogP contribution in [-0.2, 0) is 22.6 Å². The lowest BCUT2D eigenvalue weighted by Crippen LogP contribution is -2.50. The molecule has 3 aromatic rings. The molecule has 8 heteroatoms. The Labute approximate surface area is 233 Å². The Bertz CT molecular complexity index is 1140. The van der Waals surface area contributed by atoms with Crippen LogP contribution in [0.3, 0.4) is 0 Å². The summed E-state index contributed by atoms with van der Waals surface area (Å²) in [6.45, 7) is 2.97. The number of nitrogens with one attached hydrogen (secondary N) is 1. The zero-order valence-corrected chi connectivity index (χ0v) is 23.0. The monoisotopic (exact) mass is 560 g/mol. The second-order valence-corrected chi connectivity index (χ2v) is 9.88. The number of rotatable bonds is 13. The minimum atomic E-state index is -0.731. The number of halogens is 3. The lowest BCUT2D eigenvalue weighted by Gasteiger charge is -2.32. The van der Waals surface area contributed by atoms with E-state index in [0.29, 0.717) is 52.4 Å². The smallest absolute Gasteiger partial charge is 0.243 e. The number of nitrogens with zero attached hydrogens (tertiary/aromatic N) is 1. The SMILES string of the molecule is CCCNC(=O)C(Cc1ccccc1)N(Cc1c(Cl)cccc1Cl)C(=O)CCCOc1ccc(Cl)cc1. The zero-order chi connectivity index (χ0) is 26.6. The first-order valence-electron chi connectivity index (χ1n) is 12.3. The first kappa shape index (κ1) is 28.8. The highest BCUT2D eigenvalue weighted by molar-refractivity contribution is 6.36. The number of carbonyl (C=O) groups is 2. The summed E-state index contributed by atoms with van der Waals surface area (Å²) in [5.74, 6) is 0.292. The van der Waals surface area contributed by atoms with E-state index in [-0.39, 0.29) is 24.8 Å². The van der Waals surface area contributed by atoms with Gasteiger partial charge in [-0.05, 0) is 54.8 Å². The third kappa shape index (κ3) is 8.96. The summed E-state index contributed by atoms with van der Waals surface area (Å²) in [6.07, 6.45) is 1.83. The van der Waals surface area contributed by atoms with Crippen LogP contribution in [0.15, 0.2) is 72.8 Å². The van der Waals surface area contributed by atoms with Crippen LogP contribution in [0.25, 0.3) is 0 Å². The average molecular weight is 562 g/mol. The maximum absolute atomic E-state index is 13.6. The summed E-state index contributed by atoms with van der Waals surface area (Å²) < 4.78 is 5.75. The fourth-order valence-corrected chi connectivity index (χ4v) is 4.50. The van der Waals surface area contributed by atoms with Crippen LogP contribution >= 0.6 is 34.8 Å². The van der Waals surface area contributed by atoms with Gasteiger partial charge in [0.15, 0.2) is 0 Å². The van der Waals surface area contributed by atoms with Gasteiger partial charge >= 0.3 is 0 Å². The summed E-state index contributed by atoms with van der Waals surface area (Å²) in [4.78, 5) is 28.6. The van der Waals surface area contributed by atoms with Crippen molar-refractivity contribution in [3.05, 3.63) is 99.0 Å². The third-order valence-corrected chi connectivity index (χ3v) is 6.79. The summed E-state index contributed by atoms with van der Waals surface area (Å²) in [6, 6.07) is 21.2. The molecule has 1 atom stereocenters. The quantitative estimate of drug-likeness (QED) is 0.229. The van der Waals surface area contributed by atoms with Crippen molar-refractivity contribution >= 4 is 46.6 Å². The summed E-state index contributed by atoms with van der Waals surface area (Å²) in [5.41, 5.74) is 1.56. The van der Waals surface area contributed by atoms with Crippen molar-refractivity contribution in [2.45, 2.75) is 45.2 Å². The third-order valence-electron chi connectivity index (χ3n) is 5.83. The number of ether oxygens (including phenoxy) is 1. The van der Waals surface area contributed by atoms with Crippen molar-refractivity contribution in [3.63, 3.8) is 0 Å². The number of hydrogen-bond donors (Lipinski definition) is 1. The van der Waals surface area contributed by atoms with Crippen LogP contribution < -0.4 is 10.1 Å². The van der Waals surface area contributed by atoms with Gasteiger partial charge in [0.05, 0.1) is 6.61 Å². The van der Waals surface area contributed by atoms with E-state index in [4.69, 9.17) is 39.5 Å². The van der Waals surface area contributed by atoms with Gasteiger partial charge in [-0.1, -0.05) is 78.1 Å². The van der Waals surface area contributed by atoms with Gasteiger partial charge in [-0.3, -0.25) is 9.59 Å². The standard InChI is InChI=1S/C29H31Cl3N2O3/c1-2-17-33-29(36)27(19-21-8-4-3-5-9-21)34(20-24-25(31)10-6-11-26(24)32)28(35)12-7-18-37-23-15-13-22(30)14-16-23/h3-6,8-11,13-16,27H,2,7,12,17-20H2,1H3,(H,33,36). The lowest BCUT2D eigenvalue weighted by molar-refractivity contribution is -0.141. The molecule has 3 rings (SSSR count). The number of benzene rings is 3. The molecule has 0 aromatic heterocycles. The highest BCUT2D eigenvalue weighted by atomic mass is 35.5. The van der Waals surface area contributed by atoms with Gasteiger partial charge in [0.2, 0.25) is 11.8 Å². The summed E-state index contributed by atoms with van der Waals surface area (Å²) in [5, 5.41) is 4.49. The van der Waals surface area contributed by atoms with Crippen molar-refractivity contribution < 1.29 is 14.3 Å². The molecule has 0 radical (unpaired) electrons. The molecule has 1 N–H and O–H groups in total. The molecule has 0 spiro atoms. The molecule has 2 amide bonds. The molecule has 0 aliphatic rings. The molecule has 37 heavy (non-hydrogen) atoms. The predicted molar refractivity (Wildman–Crippen MR) is 150 cm³/mol. The molecule has 5 nitrogen and oxygen atoms in total. The van der Waals surface area contributed by atoms with Crippen LogP contribution in [0.1, 0.15) is 37.3 Å². The minimum Gasteiger partial charge on any atom is -0.494 e. The number of amides is 2. The molecular weight excluding hydrogens is 531 g/mol. The molecule has 0 bridgehead atoms. The number of carbonyl (C=O) groups excluding carboxylic acids is 2. The van der Waals surface area contributed by atoms with Crippen LogP contribution in [0.4, 0.5) is 0 Å². The van der Waals surface area contributed by atoms with Crippen molar-refractivity contribution in [1.29, 1.82) is 0 Å². The Morgan fingerprint density at radius 3 is 2.24 bits per heavy atom. The Balaban J connectivity index is 1.82. The topological polar surface area (TPSA) is 58.6 Å². The van der Waals surface area contributed by atoms with E-state index in [1.807, 2.05) is 37.3 Å². The van der Waals surface area contributed by atoms with Gasteiger partial charge < -0.3 is 15.0 Å². The molecule has 1 unspecified atom stereocenters. The molecule has 196 valence electrons. The molecular formula is C29H31Cl3N2O3. The fraction of sp³-hybridized carbons (Fsp3) is 0.310. The van der Waals surface area contributed by atoms with Crippen LogP contribution in [0.5, 0.6) is 5.75 Å². The van der Waals surface area contributed by atoms with Crippen molar-refractivity contribution in [1.82, 2.24) is 10.2 Å². The van der Waals surface area contributed by atoms with Crippen molar-refractivity contribution in [2.75, 3.05) is 13.2 Å². The van der Waals surface area contributed by atoms with E-state index >= 15 is 0 Å². The highest BCUT2D eigenvalue weighted by Gasteiger charge is 2.31. The van der Waals surface area contributed by atoms with Gasteiger partial charge in [0.25, 0.3) is 0 Å². The minimum absolute atomic E-state index is 0.117. The van der Waals surface area contributed by atoms with Gasteiger partial charge in [0.1, 0.15) is 11.8 Å². The van der Waals surface area contributed by atoms with E-state index in [0.717, 1.165) is 12.0 Å². The van der Waals surface area contributed by atoms with Gasteiger partial charge in [0, 0.05) is 46.6 Å². The summed E-state index contributed by atoms with van der Waals surface area (Å²) in [7, 11) is 0. The van der Waals surface area contributed by atoms with Crippen LogP contribution in [0, 0.1) is 0 Å². The first-order chi connectivity index (χ1) is 17.9. The van der Waals surface area contributed by atoms with E-state index in [1.54, 1.807) is 47.4 Å². The molecule has 0 fully saturated rings. The van der Waals surface area contributed by atoms with E-state index in [1.165, 1.54) is 0 Å². The second kappa shape index (κ2) is 14.9. The fourth-order valence-electron chi connectivity index (χ4n) is 3.86. The molecule has 0 aliphatic heterocycles. The Morgan fingerprint density at radius 2 is 1.59 bits per heavy atom. The molecule has 3 aromatic carbocycles. The highest BCUT2D eigenvalue weighted by Crippen LogP contribution is 2.27. The number of hydrogen-bond acceptors (Lipinski definition) is 3. The van der Waals surface area contributed by atoms with E-state index in [2.05, 4.69) is 5.32 Å². The predicted octanol–water partition coefficient (Wildman–Crippen LogP) is 6.97. The first-order valence-corrected chi connectivity index (χ1v) is 13.4. The molecule has 0 saturated carbocycles. The Kier molecular flexibility index (Phi) is 11.6. The Morgan fingerprint density at radius 1 is 0.919 bits per heavy atom. The van der Waals surface area contributed by atoms with Gasteiger partial charge in [-0.25, -0.2) is 0 Å². The average Bonchev–Trinajstić information content (AvgIpc) is 2.90. The maximum Gasteiger partial charge on any atom is 0.243 e. The normalized spacial score (nSPS) is 11.6. The molecule has 0 aliphatic carbocycles. The van der Waals surface area contributed by atoms with Crippen LogP contribution in [0.2, 0.25) is 15.1 Å². The molecule has 0 saturated heterocycles. The van der Waals surface area contributed by atoms with Gasteiger partial charge in [-0.15, -0.1) is 0 Å².